The Hall–Kier alpha value is -3.16. The van der Waals surface area contributed by atoms with Crippen LogP contribution in [0, 0.1) is 0 Å². The van der Waals surface area contributed by atoms with Crippen molar-refractivity contribution in [1.82, 2.24) is 19.8 Å². The third-order valence-corrected chi connectivity index (χ3v) is 4.62. The van der Waals surface area contributed by atoms with Crippen LogP contribution in [-0.4, -0.2) is 71.6 Å². The van der Waals surface area contributed by atoms with Crippen LogP contribution in [0.15, 0.2) is 42.7 Å². The van der Waals surface area contributed by atoms with Gasteiger partial charge in [0.2, 0.25) is 0 Å². The standard InChI is InChI=1S/C20H25N5O3/c1-3-28-20(27)25-11-9-24(10-12-25)19(26)17-13-18(22-15-21-17)23(2)14-16-7-5-4-6-8-16/h4-8,13,15H,3,9-12,14H2,1-2H3. The van der Waals surface area contributed by atoms with E-state index in [1.54, 1.807) is 22.8 Å². The molecular weight excluding hydrogens is 358 g/mol. The number of piperazine rings is 1. The highest BCUT2D eigenvalue weighted by molar-refractivity contribution is 5.93. The van der Waals surface area contributed by atoms with Crippen molar-refractivity contribution in [2.75, 3.05) is 44.7 Å². The Bertz CT molecular complexity index is 806. The van der Waals surface area contributed by atoms with Crippen molar-refractivity contribution in [2.24, 2.45) is 0 Å². The summed E-state index contributed by atoms with van der Waals surface area (Å²) in [7, 11) is 1.93. The molecule has 0 radical (unpaired) electrons. The van der Waals surface area contributed by atoms with Gasteiger partial charge in [0.05, 0.1) is 6.61 Å². The van der Waals surface area contributed by atoms with Crippen molar-refractivity contribution < 1.29 is 14.3 Å². The van der Waals surface area contributed by atoms with Crippen molar-refractivity contribution in [2.45, 2.75) is 13.5 Å². The minimum atomic E-state index is -0.332. The molecule has 1 aliphatic heterocycles. The molecule has 8 nitrogen and oxygen atoms in total. The maximum Gasteiger partial charge on any atom is 0.409 e. The van der Waals surface area contributed by atoms with Crippen LogP contribution in [0.1, 0.15) is 23.0 Å². The number of carbonyl (C=O) groups is 2. The molecule has 0 unspecified atom stereocenters. The highest BCUT2D eigenvalue weighted by atomic mass is 16.6. The first-order chi connectivity index (χ1) is 13.6. The summed E-state index contributed by atoms with van der Waals surface area (Å²) in [5.74, 6) is 0.535. The zero-order chi connectivity index (χ0) is 19.9. The Kier molecular flexibility index (Phi) is 6.41. The summed E-state index contributed by atoms with van der Waals surface area (Å²) in [4.78, 5) is 38.4. The zero-order valence-corrected chi connectivity index (χ0v) is 16.2. The fourth-order valence-corrected chi connectivity index (χ4v) is 3.08. The summed E-state index contributed by atoms with van der Waals surface area (Å²) in [6.07, 6.45) is 1.08. The van der Waals surface area contributed by atoms with Gasteiger partial charge < -0.3 is 19.4 Å². The van der Waals surface area contributed by atoms with Gasteiger partial charge in [0.15, 0.2) is 0 Å². The van der Waals surface area contributed by atoms with Crippen LogP contribution in [0.25, 0.3) is 0 Å². The highest BCUT2D eigenvalue weighted by Crippen LogP contribution is 2.15. The number of nitrogens with zero attached hydrogens (tertiary/aromatic N) is 5. The minimum absolute atomic E-state index is 0.153. The largest absolute Gasteiger partial charge is 0.450 e. The maximum atomic E-state index is 12.8. The Labute approximate surface area is 164 Å². The number of hydrogen-bond donors (Lipinski definition) is 0. The van der Waals surface area contributed by atoms with Crippen molar-refractivity contribution in [3.8, 4) is 0 Å². The highest BCUT2D eigenvalue weighted by Gasteiger charge is 2.26. The molecule has 0 aliphatic carbocycles. The van der Waals surface area contributed by atoms with Crippen molar-refractivity contribution in [1.29, 1.82) is 0 Å². The van der Waals surface area contributed by atoms with Gasteiger partial charge in [-0.3, -0.25) is 4.79 Å². The molecule has 0 atom stereocenters. The van der Waals surface area contributed by atoms with E-state index in [1.807, 2.05) is 42.3 Å². The number of anilines is 1. The van der Waals surface area contributed by atoms with Crippen LogP contribution in [0.3, 0.4) is 0 Å². The molecule has 1 fully saturated rings. The lowest BCUT2D eigenvalue weighted by Crippen LogP contribution is -2.50. The molecule has 1 aromatic heterocycles. The van der Waals surface area contributed by atoms with Crippen LogP contribution in [0.5, 0.6) is 0 Å². The first kappa shape index (κ1) is 19.6. The molecule has 8 heteroatoms. The monoisotopic (exact) mass is 383 g/mol. The van der Waals surface area contributed by atoms with Gasteiger partial charge in [0.1, 0.15) is 17.8 Å². The van der Waals surface area contributed by atoms with Crippen LogP contribution < -0.4 is 4.90 Å². The molecule has 2 aromatic rings. The lowest BCUT2D eigenvalue weighted by atomic mass is 10.2. The fourth-order valence-electron chi connectivity index (χ4n) is 3.08. The van der Waals surface area contributed by atoms with E-state index in [0.717, 1.165) is 5.56 Å². The molecule has 0 bridgehead atoms. The average Bonchev–Trinajstić information content (AvgIpc) is 2.74. The number of carbonyl (C=O) groups excluding carboxylic acids is 2. The van der Waals surface area contributed by atoms with E-state index in [1.165, 1.54) is 6.33 Å². The SMILES string of the molecule is CCOC(=O)N1CCN(C(=O)c2cc(N(C)Cc3ccccc3)ncn2)CC1. The van der Waals surface area contributed by atoms with E-state index in [4.69, 9.17) is 4.74 Å². The predicted molar refractivity (Wildman–Crippen MR) is 105 cm³/mol. The molecule has 1 aromatic carbocycles. The molecule has 28 heavy (non-hydrogen) atoms. The smallest absolute Gasteiger partial charge is 0.409 e. The van der Waals surface area contributed by atoms with Gasteiger partial charge in [-0.15, -0.1) is 0 Å². The summed E-state index contributed by atoms with van der Waals surface area (Å²) in [6, 6.07) is 11.8. The lowest BCUT2D eigenvalue weighted by Gasteiger charge is -2.33. The van der Waals surface area contributed by atoms with Crippen LogP contribution in [0.2, 0.25) is 0 Å². The summed E-state index contributed by atoms with van der Waals surface area (Å²) < 4.78 is 5.01. The molecule has 3 rings (SSSR count). The van der Waals surface area contributed by atoms with Gasteiger partial charge in [-0.2, -0.15) is 0 Å². The van der Waals surface area contributed by atoms with Crippen LogP contribution in [-0.2, 0) is 11.3 Å². The number of hydrogen-bond acceptors (Lipinski definition) is 6. The number of aromatic nitrogens is 2. The quantitative estimate of drug-likeness (QED) is 0.786. The Morgan fingerprint density at radius 3 is 2.43 bits per heavy atom. The number of amides is 2. The Morgan fingerprint density at radius 1 is 1.07 bits per heavy atom. The molecule has 2 heterocycles. The normalized spacial score (nSPS) is 13.9. The van der Waals surface area contributed by atoms with Gasteiger partial charge in [-0.05, 0) is 12.5 Å². The van der Waals surface area contributed by atoms with Crippen molar-refractivity contribution in [3.05, 3.63) is 54.0 Å². The Morgan fingerprint density at radius 2 is 1.75 bits per heavy atom. The summed E-state index contributed by atoms with van der Waals surface area (Å²) in [5.41, 5.74) is 1.51. The third kappa shape index (κ3) is 4.76. The maximum absolute atomic E-state index is 12.8. The molecule has 1 aliphatic rings. The van der Waals surface area contributed by atoms with E-state index in [2.05, 4.69) is 9.97 Å². The van der Waals surface area contributed by atoms with E-state index in [-0.39, 0.29) is 12.0 Å². The van der Waals surface area contributed by atoms with Gasteiger partial charge in [-0.25, -0.2) is 14.8 Å². The average molecular weight is 383 g/mol. The number of ether oxygens (including phenoxy) is 1. The van der Waals surface area contributed by atoms with Crippen LogP contribution in [0.4, 0.5) is 10.6 Å². The second kappa shape index (κ2) is 9.16. The fraction of sp³-hybridized carbons (Fsp3) is 0.400. The second-order valence-corrected chi connectivity index (χ2v) is 6.58. The second-order valence-electron chi connectivity index (χ2n) is 6.58. The molecular formula is C20H25N5O3. The van der Waals surface area contributed by atoms with Crippen molar-refractivity contribution in [3.63, 3.8) is 0 Å². The summed E-state index contributed by atoms with van der Waals surface area (Å²) in [6.45, 7) is 4.63. The molecule has 1 saturated heterocycles. The Balaban J connectivity index is 1.62. The van der Waals surface area contributed by atoms with E-state index >= 15 is 0 Å². The number of benzene rings is 1. The first-order valence-corrected chi connectivity index (χ1v) is 9.36. The van der Waals surface area contributed by atoms with Crippen molar-refractivity contribution >= 4 is 17.8 Å². The topological polar surface area (TPSA) is 78.9 Å². The van der Waals surface area contributed by atoms with Crippen LogP contribution >= 0.6 is 0 Å². The molecule has 2 amide bonds. The van der Waals surface area contributed by atoms with E-state index in [9.17, 15) is 9.59 Å². The van der Waals surface area contributed by atoms with Gasteiger partial charge >= 0.3 is 6.09 Å². The summed E-state index contributed by atoms with van der Waals surface area (Å²) in [5, 5.41) is 0. The third-order valence-electron chi connectivity index (χ3n) is 4.62. The summed E-state index contributed by atoms with van der Waals surface area (Å²) >= 11 is 0. The van der Waals surface area contributed by atoms with Gasteiger partial charge in [-0.1, -0.05) is 30.3 Å². The zero-order valence-electron chi connectivity index (χ0n) is 16.2. The lowest BCUT2D eigenvalue weighted by molar-refractivity contribution is 0.0566. The van der Waals surface area contributed by atoms with E-state index < -0.39 is 0 Å². The van der Waals surface area contributed by atoms with Gasteiger partial charge in [0.25, 0.3) is 5.91 Å². The number of rotatable bonds is 5. The molecule has 0 saturated carbocycles. The predicted octanol–water partition coefficient (Wildman–Crippen LogP) is 2.03. The molecule has 0 spiro atoms. The minimum Gasteiger partial charge on any atom is -0.450 e. The van der Waals surface area contributed by atoms with E-state index in [0.29, 0.717) is 50.8 Å². The van der Waals surface area contributed by atoms with Gasteiger partial charge in [0, 0.05) is 45.8 Å². The first-order valence-electron chi connectivity index (χ1n) is 9.36. The molecule has 0 N–H and O–H groups in total. The molecule has 148 valence electrons.